The summed E-state index contributed by atoms with van der Waals surface area (Å²) in [7, 11) is 0. The molecule has 0 amide bonds. The molecule has 1 aromatic carbocycles. The summed E-state index contributed by atoms with van der Waals surface area (Å²) in [5, 5.41) is 9.03. The van der Waals surface area contributed by atoms with Gasteiger partial charge < -0.3 is 15.6 Å². The number of carboxylic acid groups (broad SMARTS) is 1. The zero-order valence-electron chi connectivity index (χ0n) is 8.98. The maximum atomic E-state index is 11.0. The van der Waals surface area contributed by atoms with Crippen molar-refractivity contribution in [1.82, 2.24) is 0 Å². The molecule has 0 spiro atoms. The number of anilines is 1. The average molecular weight is 221 g/mol. The molecule has 1 aliphatic carbocycles. The van der Waals surface area contributed by atoms with Gasteiger partial charge in [-0.2, -0.15) is 0 Å². The number of carbonyl (C=O) groups is 1. The highest BCUT2D eigenvalue weighted by molar-refractivity contribution is 5.95. The first-order valence-corrected chi connectivity index (χ1v) is 5.37. The van der Waals surface area contributed by atoms with Gasteiger partial charge in [0.2, 0.25) is 0 Å². The molecule has 0 aromatic heterocycles. The Kier molecular flexibility index (Phi) is 3.10. The van der Waals surface area contributed by atoms with Crippen LogP contribution in [0.25, 0.3) is 0 Å². The van der Waals surface area contributed by atoms with Crippen LogP contribution in [-0.4, -0.2) is 17.7 Å². The fourth-order valence-electron chi connectivity index (χ4n) is 1.62. The number of aromatic carboxylic acids is 1. The molecule has 0 unspecified atom stereocenters. The first-order valence-electron chi connectivity index (χ1n) is 5.37. The van der Waals surface area contributed by atoms with E-state index >= 15 is 0 Å². The molecule has 1 saturated carbocycles. The Hall–Kier alpha value is -1.55. The standard InChI is InChI=1S/C12H15NO3/c13-10-3-1-2-9(11(10)12(14)15)7-16-6-8-4-5-8/h1-3,8H,4-7,13H2,(H,14,15). The third-order valence-corrected chi connectivity index (χ3v) is 2.70. The number of rotatable bonds is 5. The van der Waals surface area contributed by atoms with Crippen molar-refractivity contribution in [3.05, 3.63) is 29.3 Å². The minimum absolute atomic E-state index is 0.165. The van der Waals surface area contributed by atoms with Crippen molar-refractivity contribution < 1.29 is 14.6 Å². The minimum atomic E-state index is -0.997. The molecule has 0 heterocycles. The van der Waals surface area contributed by atoms with Gasteiger partial charge in [0.1, 0.15) is 0 Å². The number of carboxylic acids is 1. The first-order chi connectivity index (χ1) is 7.68. The molecule has 0 saturated heterocycles. The van der Waals surface area contributed by atoms with Crippen LogP contribution in [0.5, 0.6) is 0 Å². The second kappa shape index (κ2) is 4.53. The summed E-state index contributed by atoms with van der Waals surface area (Å²) in [6, 6.07) is 5.08. The van der Waals surface area contributed by atoms with E-state index in [4.69, 9.17) is 15.6 Å². The van der Waals surface area contributed by atoms with Crippen molar-refractivity contribution in [2.45, 2.75) is 19.4 Å². The van der Waals surface area contributed by atoms with Gasteiger partial charge in [-0.05, 0) is 30.4 Å². The van der Waals surface area contributed by atoms with E-state index in [1.807, 2.05) is 0 Å². The topological polar surface area (TPSA) is 72.5 Å². The van der Waals surface area contributed by atoms with Crippen molar-refractivity contribution >= 4 is 11.7 Å². The molecule has 0 radical (unpaired) electrons. The number of nitrogen functional groups attached to an aromatic ring is 1. The average Bonchev–Trinajstić information content (AvgIpc) is 3.01. The summed E-state index contributed by atoms with van der Waals surface area (Å²) in [6.45, 7) is 1.04. The summed E-state index contributed by atoms with van der Waals surface area (Å²) in [5.41, 5.74) is 6.73. The molecule has 1 aromatic rings. The second-order valence-corrected chi connectivity index (χ2v) is 4.15. The zero-order chi connectivity index (χ0) is 11.5. The Morgan fingerprint density at radius 3 is 2.88 bits per heavy atom. The van der Waals surface area contributed by atoms with Crippen LogP contribution in [0, 0.1) is 5.92 Å². The molecule has 1 fully saturated rings. The molecule has 0 aliphatic heterocycles. The van der Waals surface area contributed by atoms with Crippen LogP contribution >= 0.6 is 0 Å². The quantitative estimate of drug-likeness (QED) is 0.745. The van der Waals surface area contributed by atoms with E-state index in [1.165, 1.54) is 12.8 Å². The SMILES string of the molecule is Nc1cccc(COCC2CC2)c1C(=O)O. The lowest BCUT2D eigenvalue weighted by atomic mass is 10.1. The predicted octanol–water partition coefficient (Wildman–Crippen LogP) is 1.89. The van der Waals surface area contributed by atoms with E-state index in [0.29, 0.717) is 30.4 Å². The Balaban J connectivity index is 2.05. The Bertz CT molecular complexity index is 399. The molecule has 2 rings (SSSR count). The van der Waals surface area contributed by atoms with Gasteiger partial charge >= 0.3 is 5.97 Å². The van der Waals surface area contributed by atoms with Crippen LogP contribution < -0.4 is 5.73 Å². The summed E-state index contributed by atoms with van der Waals surface area (Å²) >= 11 is 0. The van der Waals surface area contributed by atoms with Crippen LogP contribution in [0.3, 0.4) is 0 Å². The van der Waals surface area contributed by atoms with E-state index in [9.17, 15) is 4.79 Å². The monoisotopic (exact) mass is 221 g/mol. The maximum absolute atomic E-state index is 11.0. The van der Waals surface area contributed by atoms with E-state index in [-0.39, 0.29) is 5.56 Å². The third-order valence-electron chi connectivity index (χ3n) is 2.70. The van der Waals surface area contributed by atoms with Gasteiger partial charge in [0.25, 0.3) is 0 Å². The van der Waals surface area contributed by atoms with Gasteiger partial charge in [-0.1, -0.05) is 12.1 Å². The highest BCUT2D eigenvalue weighted by Gasteiger charge is 2.21. The molecule has 3 N–H and O–H groups in total. The lowest BCUT2D eigenvalue weighted by Crippen LogP contribution is -2.08. The number of benzene rings is 1. The van der Waals surface area contributed by atoms with Crippen molar-refractivity contribution in [1.29, 1.82) is 0 Å². The number of hydrogen-bond acceptors (Lipinski definition) is 3. The highest BCUT2D eigenvalue weighted by Crippen LogP contribution is 2.29. The largest absolute Gasteiger partial charge is 0.478 e. The second-order valence-electron chi connectivity index (χ2n) is 4.15. The molecule has 86 valence electrons. The van der Waals surface area contributed by atoms with Crippen LogP contribution in [0.4, 0.5) is 5.69 Å². The minimum Gasteiger partial charge on any atom is -0.478 e. The van der Waals surface area contributed by atoms with Gasteiger partial charge in [0.15, 0.2) is 0 Å². The Morgan fingerprint density at radius 2 is 2.25 bits per heavy atom. The molecular weight excluding hydrogens is 206 g/mol. The van der Waals surface area contributed by atoms with Gasteiger partial charge in [0, 0.05) is 12.3 Å². The maximum Gasteiger partial charge on any atom is 0.338 e. The smallest absolute Gasteiger partial charge is 0.338 e. The van der Waals surface area contributed by atoms with E-state index in [0.717, 1.165) is 0 Å². The first kappa shape index (κ1) is 11.0. The molecule has 4 heteroatoms. The number of hydrogen-bond donors (Lipinski definition) is 2. The van der Waals surface area contributed by atoms with Crippen LogP contribution in [0.15, 0.2) is 18.2 Å². The number of nitrogens with two attached hydrogens (primary N) is 1. The van der Waals surface area contributed by atoms with Crippen molar-refractivity contribution in [3.8, 4) is 0 Å². The molecule has 1 aliphatic rings. The van der Waals surface area contributed by atoms with Crippen LogP contribution in [-0.2, 0) is 11.3 Å². The molecule has 0 bridgehead atoms. The molecular formula is C12H15NO3. The molecule has 4 nitrogen and oxygen atoms in total. The Morgan fingerprint density at radius 1 is 1.50 bits per heavy atom. The molecule has 0 atom stereocenters. The number of ether oxygens (including phenoxy) is 1. The van der Waals surface area contributed by atoms with Crippen molar-refractivity contribution in [2.75, 3.05) is 12.3 Å². The zero-order valence-corrected chi connectivity index (χ0v) is 8.98. The van der Waals surface area contributed by atoms with Gasteiger partial charge in [-0.15, -0.1) is 0 Å². The Labute approximate surface area is 94.0 Å². The van der Waals surface area contributed by atoms with Crippen LogP contribution in [0.2, 0.25) is 0 Å². The summed E-state index contributed by atoms with van der Waals surface area (Å²) in [6.07, 6.45) is 2.45. The summed E-state index contributed by atoms with van der Waals surface area (Å²) in [4.78, 5) is 11.0. The summed E-state index contributed by atoms with van der Waals surface area (Å²) in [5.74, 6) is -0.322. The lowest BCUT2D eigenvalue weighted by molar-refractivity contribution is 0.0687. The van der Waals surface area contributed by atoms with Crippen molar-refractivity contribution in [3.63, 3.8) is 0 Å². The van der Waals surface area contributed by atoms with Gasteiger partial charge in [-0.25, -0.2) is 4.79 Å². The van der Waals surface area contributed by atoms with Gasteiger partial charge in [0.05, 0.1) is 12.2 Å². The van der Waals surface area contributed by atoms with Crippen molar-refractivity contribution in [2.24, 2.45) is 5.92 Å². The molecule has 16 heavy (non-hydrogen) atoms. The highest BCUT2D eigenvalue weighted by atomic mass is 16.5. The van der Waals surface area contributed by atoms with E-state index < -0.39 is 5.97 Å². The predicted molar refractivity (Wildman–Crippen MR) is 60.2 cm³/mol. The van der Waals surface area contributed by atoms with Crippen LogP contribution in [0.1, 0.15) is 28.8 Å². The van der Waals surface area contributed by atoms with E-state index in [1.54, 1.807) is 18.2 Å². The lowest BCUT2D eigenvalue weighted by Gasteiger charge is -2.09. The van der Waals surface area contributed by atoms with Gasteiger partial charge in [-0.3, -0.25) is 0 Å². The third kappa shape index (κ3) is 2.52. The fraction of sp³-hybridized carbons (Fsp3) is 0.417. The van der Waals surface area contributed by atoms with E-state index in [2.05, 4.69) is 0 Å². The normalized spacial score (nSPS) is 15.0. The fourth-order valence-corrected chi connectivity index (χ4v) is 1.62. The summed E-state index contributed by atoms with van der Waals surface area (Å²) < 4.78 is 5.47.